The van der Waals surface area contributed by atoms with Crippen LogP contribution in [0.5, 0.6) is 0 Å². The molecular weight excluding hydrogens is 284 g/mol. The lowest BCUT2D eigenvalue weighted by atomic mass is 9.86. The molecule has 3 nitrogen and oxygen atoms in total. The minimum atomic E-state index is -0.0628. The Morgan fingerprint density at radius 1 is 1.00 bits per heavy atom. The summed E-state index contributed by atoms with van der Waals surface area (Å²) in [5.74, 6) is 0.891. The first-order valence-corrected chi connectivity index (χ1v) is 8.81. The van der Waals surface area contributed by atoms with Gasteiger partial charge in [0.25, 0.3) is 5.91 Å². The summed E-state index contributed by atoms with van der Waals surface area (Å²) in [5.41, 5.74) is 2.67. The van der Waals surface area contributed by atoms with E-state index in [1.54, 1.807) is 0 Å². The number of hydrogen-bond donors (Lipinski definition) is 0. The molecule has 0 unspecified atom stereocenters. The lowest BCUT2D eigenvalue weighted by Gasteiger charge is -2.31. The fraction of sp³-hybridized carbons (Fsp3) is 0.700. The molecule has 0 N–H and O–H groups in total. The first-order chi connectivity index (χ1) is 10.5. The summed E-state index contributed by atoms with van der Waals surface area (Å²) < 4.78 is 0. The summed E-state index contributed by atoms with van der Waals surface area (Å²) in [6.45, 7) is 16.9. The minimum absolute atomic E-state index is 0.0628. The fourth-order valence-corrected chi connectivity index (χ4v) is 2.82. The number of aromatic nitrogens is 1. The van der Waals surface area contributed by atoms with Gasteiger partial charge in [-0.2, -0.15) is 0 Å². The Hall–Kier alpha value is -1.38. The van der Waals surface area contributed by atoms with Gasteiger partial charge in [-0.15, -0.1) is 0 Å². The average molecular weight is 316 g/mol. The van der Waals surface area contributed by atoms with E-state index in [0.717, 1.165) is 48.8 Å². The number of pyridine rings is 1. The van der Waals surface area contributed by atoms with Gasteiger partial charge in [0.05, 0.1) is 0 Å². The molecule has 3 heteroatoms. The van der Waals surface area contributed by atoms with Gasteiger partial charge in [0.15, 0.2) is 0 Å². The zero-order valence-corrected chi connectivity index (χ0v) is 15.9. The molecule has 0 spiro atoms. The Labute approximate surface area is 141 Å². The predicted octanol–water partition coefficient (Wildman–Crippen LogP) is 4.55. The number of amides is 1. The third kappa shape index (κ3) is 4.33. The van der Waals surface area contributed by atoms with Gasteiger partial charge in [-0.3, -0.25) is 9.78 Å². The van der Waals surface area contributed by atoms with Gasteiger partial charge < -0.3 is 4.90 Å². The first-order valence-electron chi connectivity index (χ1n) is 8.81. The maximum absolute atomic E-state index is 13.0. The van der Waals surface area contributed by atoms with E-state index in [-0.39, 0.29) is 16.7 Å². The number of carbonyl (C=O) groups is 1. The molecule has 2 rings (SSSR count). The first kappa shape index (κ1) is 18.0. The molecule has 128 valence electrons. The number of nitrogens with zero attached hydrogens (tertiary/aromatic N) is 2. The van der Waals surface area contributed by atoms with Crippen LogP contribution in [-0.2, 0) is 10.8 Å². The summed E-state index contributed by atoms with van der Waals surface area (Å²) >= 11 is 0. The van der Waals surface area contributed by atoms with Crippen LogP contribution in [0.1, 0.15) is 83.1 Å². The monoisotopic (exact) mass is 316 g/mol. The highest BCUT2D eigenvalue weighted by Crippen LogP contribution is 2.28. The van der Waals surface area contributed by atoms with Crippen molar-refractivity contribution >= 4 is 5.91 Å². The summed E-state index contributed by atoms with van der Waals surface area (Å²) in [4.78, 5) is 19.8. The topological polar surface area (TPSA) is 33.2 Å². The third-order valence-corrected chi connectivity index (χ3v) is 4.68. The Morgan fingerprint density at radius 2 is 1.43 bits per heavy atom. The van der Waals surface area contributed by atoms with Crippen LogP contribution in [0.15, 0.2) is 12.1 Å². The highest BCUT2D eigenvalue weighted by Gasteiger charge is 2.27. The molecule has 0 saturated carbocycles. The van der Waals surface area contributed by atoms with E-state index in [4.69, 9.17) is 4.98 Å². The van der Waals surface area contributed by atoms with Crippen LogP contribution in [0.3, 0.4) is 0 Å². The van der Waals surface area contributed by atoms with Crippen LogP contribution in [0.4, 0.5) is 0 Å². The molecule has 2 heterocycles. The number of likely N-dealkylation sites (tertiary alicyclic amines) is 1. The second-order valence-corrected chi connectivity index (χ2v) is 9.10. The molecule has 0 aliphatic carbocycles. The summed E-state index contributed by atoms with van der Waals surface area (Å²) in [5, 5.41) is 0. The normalized spacial score (nSPS) is 17.4. The highest BCUT2D eigenvalue weighted by molar-refractivity contribution is 5.94. The van der Waals surface area contributed by atoms with Crippen molar-refractivity contribution in [3.8, 4) is 0 Å². The standard InChI is InChI=1S/C20H32N2O/c1-14-8-10-22(11-9-14)18(23)15-12-16(19(2,3)4)21-17(13-15)20(5,6)7/h12-14H,8-11H2,1-7H3. The van der Waals surface area contributed by atoms with Crippen molar-refractivity contribution in [3.05, 3.63) is 29.1 Å². The zero-order chi connectivity index (χ0) is 17.4. The number of piperidine rings is 1. The van der Waals surface area contributed by atoms with E-state index in [0.29, 0.717) is 0 Å². The molecule has 0 atom stereocenters. The Kier molecular flexibility index (Phi) is 4.89. The van der Waals surface area contributed by atoms with Gasteiger partial charge in [-0.25, -0.2) is 0 Å². The van der Waals surface area contributed by atoms with Crippen LogP contribution in [0.2, 0.25) is 0 Å². The van der Waals surface area contributed by atoms with Crippen molar-refractivity contribution in [2.45, 2.75) is 72.1 Å². The van der Waals surface area contributed by atoms with Crippen LogP contribution >= 0.6 is 0 Å². The molecule has 1 aliphatic rings. The fourth-order valence-electron chi connectivity index (χ4n) is 2.82. The summed E-state index contributed by atoms with van der Waals surface area (Å²) in [7, 11) is 0. The number of hydrogen-bond acceptors (Lipinski definition) is 2. The van der Waals surface area contributed by atoms with Crippen molar-refractivity contribution in [1.82, 2.24) is 9.88 Å². The predicted molar refractivity (Wildman–Crippen MR) is 95.9 cm³/mol. The smallest absolute Gasteiger partial charge is 0.253 e. The van der Waals surface area contributed by atoms with Crippen LogP contribution < -0.4 is 0 Å². The van der Waals surface area contributed by atoms with Crippen molar-refractivity contribution in [2.75, 3.05) is 13.1 Å². The second kappa shape index (κ2) is 6.26. The van der Waals surface area contributed by atoms with E-state index in [1.807, 2.05) is 17.0 Å². The van der Waals surface area contributed by atoms with Crippen LogP contribution in [-0.4, -0.2) is 28.9 Å². The van der Waals surface area contributed by atoms with Crippen molar-refractivity contribution in [2.24, 2.45) is 5.92 Å². The van der Waals surface area contributed by atoms with Crippen LogP contribution in [0, 0.1) is 5.92 Å². The van der Waals surface area contributed by atoms with Gasteiger partial charge >= 0.3 is 0 Å². The Bertz CT molecular complexity index is 538. The molecular formula is C20H32N2O. The van der Waals surface area contributed by atoms with E-state index in [9.17, 15) is 4.79 Å². The van der Waals surface area contributed by atoms with Gasteiger partial charge in [0, 0.05) is 40.9 Å². The van der Waals surface area contributed by atoms with Gasteiger partial charge in [0.1, 0.15) is 0 Å². The third-order valence-electron chi connectivity index (χ3n) is 4.68. The zero-order valence-electron chi connectivity index (χ0n) is 15.9. The molecule has 1 fully saturated rings. The Balaban J connectivity index is 2.39. The molecule has 1 amide bonds. The maximum atomic E-state index is 13.0. The van der Waals surface area contributed by atoms with Crippen molar-refractivity contribution in [1.29, 1.82) is 0 Å². The van der Waals surface area contributed by atoms with Gasteiger partial charge in [0.2, 0.25) is 0 Å². The summed E-state index contributed by atoms with van der Waals surface area (Å²) in [6.07, 6.45) is 2.21. The average Bonchev–Trinajstić information content (AvgIpc) is 2.45. The van der Waals surface area contributed by atoms with Gasteiger partial charge in [-0.05, 0) is 30.9 Å². The van der Waals surface area contributed by atoms with Gasteiger partial charge in [-0.1, -0.05) is 48.5 Å². The SMILES string of the molecule is CC1CCN(C(=O)c2cc(C(C)(C)C)nc(C(C)(C)C)c2)CC1. The molecule has 23 heavy (non-hydrogen) atoms. The Morgan fingerprint density at radius 3 is 1.83 bits per heavy atom. The largest absolute Gasteiger partial charge is 0.339 e. The molecule has 0 radical (unpaired) electrons. The quantitative estimate of drug-likeness (QED) is 0.761. The van der Waals surface area contributed by atoms with E-state index < -0.39 is 0 Å². The molecule has 1 aliphatic heterocycles. The minimum Gasteiger partial charge on any atom is -0.339 e. The molecule has 0 bridgehead atoms. The van der Waals surface area contributed by atoms with E-state index >= 15 is 0 Å². The molecule has 1 aromatic heterocycles. The van der Waals surface area contributed by atoms with E-state index in [2.05, 4.69) is 48.5 Å². The van der Waals surface area contributed by atoms with Crippen LogP contribution in [0.25, 0.3) is 0 Å². The number of carbonyl (C=O) groups excluding carboxylic acids is 1. The van der Waals surface area contributed by atoms with Crippen molar-refractivity contribution < 1.29 is 4.79 Å². The maximum Gasteiger partial charge on any atom is 0.253 e. The van der Waals surface area contributed by atoms with E-state index in [1.165, 1.54) is 0 Å². The molecule has 1 aromatic rings. The molecule has 0 aromatic carbocycles. The van der Waals surface area contributed by atoms with Crippen molar-refractivity contribution in [3.63, 3.8) is 0 Å². The second-order valence-electron chi connectivity index (χ2n) is 9.10. The lowest BCUT2D eigenvalue weighted by molar-refractivity contribution is 0.0696. The lowest BCUT2D eigenvalue weighted by Crippen LogP contribution is -2.38. The number of rotatable bonds is 1. The summed E-state index contributed by atoms with van der Waals surface area (Å²) in [6, 6.07) is 3.99. The highest BCUT2D eigenvalue weighted by atomic mass is 16.2. The molecule has 1 saturated heterocycles.